The van der Waals surface area contributed by atoms with Gasteiger partial charge in [0.1, 0.15) is 6.04 Å². The molecule has 0 heterocycles. The molecule has 7 heteroatoms. The Morgan fingerprint density at radius 1 is 1.41 bits per heavy atom. The number of benzene rings is 1. The molecule has 0 spiro atoms. The summed E-state index contributed by atoms with van der Waals surface area (Å²) < 4.78 is 0. The maximum atomic E-state index is 11.3. The first kappa shape index (κ1) is 15.7. The Kier molecular flexibility index (Phi) is 4.57. The number of rotatable bonds is 6. The first-order valence-corrected chi connectivity index (χ1v) is 6.70. The Balaban J connectivity index is 2.04. The van der Waals surface area contributed by atoms with E-state index in [1.165, 1.54) is 12.2 Å². The third-order valence-corrected chi connectivity index (χ3v) is 3.40. The molecule has 1 aromatic rings. The molecule has 3 N–H and O–H groups in total. The zero-order chi connectivity index (χ0) is 16.2. The molecule has 0 saturated carbocycles. The van der Waals surface area contributed by atoms with Crippen LogP contribution in [-0.4, -0.2) is 32.9 Å². The second-order valence-electron chi connectivity index (χ2n) is 5.06. The molecule has 0 bridgehead atoms. The van der Waals surface area contributed by atoms with E-state index in [2.05, 4.69) is 5.32 Å². The monoisotopic (exact) mass is 304 g/mol. The van der Waals surface area contributed by atoms with Crippen LogP contribution < -0.4 is 5.32 Å². The van der Waals surface area contributed by atoms with Crippen molar-refractivity contribution in [3.05, 3.63) is 64.2 Å². The molecule has 0 amide bonds. The molecule has 0 aliphatic heterocycles. The molecule has 0 saturated heterocycles. The average Bonchev–Trinajstić information content (AvgIpc) is 2.49. The van der Waals surface area contributed by atoms with Crippen LogP contribution in [0.5, 0.6) is 0 Å². The molecule has 22 heavy (non-hydrogen) atoms. The molecular weight excluding hydrogens is 288 g/mol. The van der Waals surface area contributed by atoms with E-state index in [-0.39, 0.29) is 12.8 Å². The highest BCUT2D eigenvalue weighted by Gasteiger charge is 2.38. The van der Waals surface area contributed by atoms with Crippen LogP contribution in [0.15, 0.2) is 54.1 Å². The molecule has 7 nitrogen and oxygen atoms in total. The SMILES string of the molecule is O=C(O)[C@H](CC1=CCC(O)([N+](=O)[O-])C=C1)Nc1ccccc1. The largest absolute Gasteiger partial charge is 0.480 e. The van der Waals surface area contributed by atoms with Gasteiger partial charge in [0.15, 0.2) is 0 Å². The maximum Gasteiger partial charge on any atom is 0.345 e. The molecular formula is C15H16N2O5. The highest BCUT2D eigenvalue weighted by Crippen LogP contribution is 2.24. The van der Waals surface area contributed by atoms with Crippen molar-refractivity contribution in [1.29, 1.82) is 0 Å². The van der Waals surface area contributed by atoms with Crippen molar-refractivity contribution in [1.82, 2.24) is 0 Å². The van der Waals surface area contributed by atoms with Gasteiger partial charge in [-0.2, -0.15) is 0 Å². The highest BCUT2D eigenvalue weighted by atomic mass is 16.7. The van der Waals surface area contributed by atoms with Gasteiger partial charge in [-0.05, 0) is 17.7 Å². The number of nitro groups is 1. The van der Waals surface area contributed by atoms with Crippen LogP contribution in [-0.2, 0) is 4.79 Å². The lowest BCUT2D eigenvalue weighted by molar-refractivity contribution is -0.607. The molecule has 116 valence electrons. The van der Waals surface area contributed by atoms with E-state index in [0.29, 0.717) is 11.3 Å². The summed E-state index contributed by atoms with van der Waals surface area (Å²) >= 11 is 0. The molecule has 1 unspecified atom stereocenters. The minimum absolute atomic E-state index is 0.161. The summed E-state index contributed by atoms with van der Waals surface area (Å²) in [7, 11) is 0. The van der Waals surface area contributed by atoms with Crippen molar-refractivity contribution >= 4 is 11.7 Å². The van der Waals surface area contributed by atoms with Gasteiger partial charge in [0.05, 0.1) is 11.3 Å². The summed E-state index contributed by atoms with van der Waals surface area (Å²) in [5, 5.41) is 32.6. The van der Waals surface area contributed by atoms with Crippen molar-refractivity contribution in [3.8, 4) is 0 Å². The zero-order valence-corrected chi connectivity index (χ0v) is 11.7. The number of allylic oxidation sites excluding steroid dienone is 1. The lowest BCUT2D eigenvalue weighted by atomic mass is 9.95. The molecule has 2 atom stereocenters. The van der Waals surface area contributed by atoms with Crippen molar-refractivity contribution in [3.63, 3.8) is 0 Å². The molecule has 0 fully saturated rings. The summed E-state index contributed by atoms with van der Waals surface area (Å²) in [6.07, 6.45) is 3.96. The number of nitrogens with zero attached hydrogens (tertiary/aromatic N) is 1. The van der Waals surface area contributed by atoms with Crippen LogP contribution in [0.4, 0.5) is 5.69 Å². The van der Waals surface area contributed by atoms with Crippen molar-refractivity contribution in [2.24, 2.45) is 0 Å². The Morgan fingerprint density at radius 3 is 2.59 bits per heavy atom. The first-order valence-electron chi connectivity index (χ1n) is 6.70. The second kappa shape index (κ2) is 6.40. The Morgan fingerprint density at radius 2 is 2.09 bits per heavy atom. The van der Waals surface area contributed by atoms with E-state index in [9.17, 15) is 25.1 Å². The fourth-order valence-corrected chi connectivity index (χ4v) is 2.12. The van der Waals surface area contributed by atoms with Gasteiger partial charge in [-0.25, -0.2) is 4.79 Å². The molecule has 1 aliphatic carbocycles. The lowest BCUT2D eigenvalue weighted by Crippen LogP contribution is -2.37. The van der Waals surface area contributed by atoms with Crippen LogP contribution >= 0.6 is 0 Å². The van der Waals surface area contributed by atoms with Crippen molar-refractivity contribution in [2.75, 3.05) is 5.32 Å². The summed E-state index contributed by atoms with van der Waals surface area (Å²) in [6, 6.07) is 8.06. The van der Waals surface area contributed by atoms with Crippen LogP contribution in [0.1, 0.15) is 12.8 Å². The quantitative estimate of drug-likeness (QED) is 0.419. The normalized spacial score (nSPS) is 21.8. The van der Waals surface area contributed by atoms with Gasteiger partial charge >= 0.3 is 11.7 Å². The number of hydrogen-bond acceptors (Lipinski definition) is 5. The number of hydrogen-bond donors (Lipinski definition) is 3. The number of aliphatic carboxylic acids is 1. The number of carbonyl (C=O) groups is 1. The minimum Gasteiger partial charge on any atom is -0.480 e. The zero-order valence-electron chi connectivity index (χ0n) is 11.7. The molecule has 1 aliphatic rings. The van der Waals surface area contributed by atoms with E-state index >= 15 is 0 Å². The predicted octanol–water partition coefficient (Wildman–Crippen LogP) is 1.79. The molecule has 0 radical (unpaired) electrons. The number of carboxylic acid groups (broad SMARTS) is 1. The van der Waals surface area contributed by atoms with Gasteiger partial charge in [-0.3, -0.25) is 10.1 Å². The second-order valence-corrected chi connectivity index (χ2v) is 5.06. The number of carboxylic acids is 1. The van der Waals surface area contributed by atoms with Crippen LogP contribution in [0.3, 0.4) is 0 Å². The van der Waals surface area contributed by atoms with Gasteiger partial charge in [0, 0.05) is 18.2 Å². The van der Waals surface area contributed by atoms with Crippen molar-refractivity contribution in [2.45, 2.75) is 24.6 Å². The van der Waals surface area contributed by atoms with Gasteiger partial charge in [-0.15, -0.1) is 0 Å². The number of para-hydroxylation sites is 1. The van der Waals surface area contributed by atoms with Gasteiger partial charge in [0.25, 0.3) is 0 Å². The van der Waals surface area contributed by atoms with Crippen LogP contribution in [0, 0.1) is 10.1 Å². The summed E-state index contributed by atoms with van der Waals surface area (Å²) in [5.41, 5.74) is -0.797. The Labute approximate surface area is 126 Å². The summed E-state index contributed by atoms with van der Waals surface area (Å²) in [5.74, 6) is -1.02. The van der Waals surface area contributed by atoms with E-state index in [1.54, 1.807) is 24.3 Å². The van der Waals surface area contributed by atoms with Crippen molar-refractivity contribution < 1.29 is 19.9 Å². The minimum atomic E-state index is -2.10. The fourth-order valence-electron chi connectivity index (χ4n) is 2.12. The summed E-state index contributed by atoms with van der Waals surface area (Å²) in [6.45, 7) is 0. The fraction of sp³-hybridized carbons (Fsp3) is 0.267. The van der Waals surface area contributed by atoms with E-state index in [0.717, 1.165) is 6.08 Å². The molecule has 2 rings (SSSR count). The molecule has 1 aromatic carbocycles. The number of nitrogens with one attached hydrogen (secondary N) is 1. The van der Waals surface area contributed by atoms with E-state index in [1.807, 2.05) is 6.07 Å². The molecule has 0 aromatic heterocycles. The summed E-state index contributed by atoms with van der Waals surface area (Å²) in [4.78, 5) is 21.3. The van der Waals surface area contributed by atoms with Gasteiger partial charge < -0.3 is 15.5 Å². The predicted molar refractivity (Wildman–Crippen MR) is 79.9 cm³/mol. The third kappa shape index (κ3) is 3.70. The standard InChI is InChI=1S/C15H16N2O5/c18-14(19)13(16-12-4-2-1-3-5-12)10-11-6-8-15(20,9-7-11)17(21)22/h1-8,13,16,20H,9-10H2,(H,18,19)/t13-,15?/m0/s1. The van der Waals surface area contributed by atoms with Crippen LogP contribution in [0.25, 0.3) is 0 Å². The third-order valence-electron chi connectivity index (χ3n) is 3.40. The topological polar surface area (TPSA) is 113 Å². The van der Waals surface area contributed by atoms with Crippen LogP contribution in [0.2, 0.25) is 0 Å². The van der Waals surface area contributed by atoms with Gasteiger partial charge in [0.2, 0.25) is 0 Å². The Hall–Kier alpha value is -2.67. The van der Waals surface area contributed by atoms with E-state index in [4.69, 9.17) is 0 Å². The smallest absolute Gasteiger partial charge is 0.345 e. The average molecular weight is 304 g/mol. The lowest BCUT2D eigenvalue weighted by Gasteiger charge is -2.20. The number of anilines is 1. The van der Waals surface area contributed by atoms with E-state index < -0.39 is 22.7 Å². The first-order chi connectivity index (χ1) is 10.4. The van der Waals surface area contributed by atoms with Gasteiger partial charge in [-0.1, -0.05) is 30.4 Å². The maximum absolute atomic E-state index is 11.3. The number of aliphatic hydroxyl groups is 1. The Bertz CT molecular complexity index is 626. The highest BCUT2D eigenvalue weighted by molar-refractivity contribution is 5.77.